The van der Waals surface area contributed by atoms with E-state index in [1.165, 1.54) is 186 Å². The molecule has 3 N–H and O–H groups in total. The largest absolute Gasteiger partial charge is 0.472 e. The Morgan fingerprint density at radius 1 is 0.292 bits per heavy atom. The molecule has 17 nitrogen and oxygen atoms in total. The maximum Gasteiger partial charge on any atom is 0.472 e. The number of aliphatic hydroxyl groups excluding tert-OH is 1. The van der Waals surface area contributed by atoms with E-state index in [4.69, 9.17) is 37.0 Å². The minimum atomic E-state index is -4.96. The smallest absolute Gasteiger partial charge is 0.462 e. The van der Waals surface area contributed by atoms with Crippen LogP contribution in [0.2, 0.25) is 0 Å². The van der Waals surface area contributed by atoms with Crippen molar-refractivity contribution in [2.24, 2.45) is 23.7 Å². The molecular weight excluding hydrogens is 1260 g/mol. The number of phosphoric acid groups is 2. The van der Waals surface area contributed by atoms with E-state index in [1.807, 2.05) is 0 Å². The van der Waals surface area contributed by atoms with Crippen LogP contribution in [0.5, 0.6) is 0 Å². The highest BCUT2D eigenvalue weighted by Crippen LogP contribution is 2.45. The summed E-state index contributed by atoms with van der Waals surface area (Å²) < 4.78 is 68.6. The molecule has 0 bridgehead atoms. The van der Waals surface area contributed by atoms with Crippen molar-refractivity contribution >= 4 is 39.5 Å². The third-order valence-corrected chi connectivity index (χ3v) is 20.4. The number of hydrogen-bond donors (Lipinski definition) is 3. The maximum atomic E-state index is 13.1. The minimum Gasteiger partial charge on any atom is -0.462 e. The third kappa shape index (κ3) is 67.9. The Bertz CT molecular complexity index is 1890. The van der Waals surface area contributed by atoms with Crippen LogP contribution < -0.4 is 0 Å². The standard InChI is InChI=1S/C77H150O17P2/c1-9-69(7)55-47-39-31-23-19-15-11-12-16-21-25-34-43-51-59-76(81)93-73(64-88-75(80)58-50-42-36-28-30-38-46-54-68(5)6)66-92-96(85,86)90-62-71(78)61-89-95(83,84)91-65-72(94-77(82)60-52-44-35-27-26-32-40-48-56-70(8)10-2)63-87-74(79)57-49-41-33-24-20-17-13-14-18-22-29-37-45-53-67(3)4/h67-73,78H,9-66H2,1-8H3,(H,83,84)(H,85,86)/t69?,70?,71?,72-,73-/m1/s1. The topological polar surface area (TPSA) is 237 Å². The molecule has 570 valence electrons. The van der Waals surface area contributed by atoms with Gasteiger partial charge in [-0.05, 0) is 49.4 Å². The number of rotatable bonds is 74. The monoisotopic (exact) mass is 1410 g/mol. The predicted molar refractivity (Wildman–Crippen MR) is 391 cm³/mol. The number of esters is 4. The first-order chi connectivity index (χ1) is 46.2. The Labute approximate surface area is 588 Å². The fourth-order valence-electron chi connectivity index (χ4n) is 11.7. The fraction of sp³-hybridized carbons (Fsp3) is 0.948. The summed E-state index contributed by atoms with van der Waals surface area (Å²) in [6.45, 7) is 14.2. The van der Waals surface area contributed by atoms with Gasteiger partial charge in [0.25, 0.3) is 0 Å². The highest BCUT2D eigenvalue weighted by atomic mass is 31.2. The first kappa shape index (κ1) is 94.1. The van der Waals surface area contributed by atoms with Gasteiger partial charge in [-0.15, -0.1) is 0 Å². The fourth-order valence-corrected chi connectivity index (χ4v) is 13.2. The summed E-state index contributed by atoms with van der Waals surface area (Å²) in [6.07, 6.45) is 51.3. The van der Waals surface area contributed by atoms with E-state index in [2.05, 4.69) is 55.4 Å². The molecule has 96 heavy (non-hydrogen) atoms. The molecule has 0 saturated carbocycles. The number of phosphoric ester groups is 2. The summed E-state index contributed by atoms with van der Waals surface area (Å²) >= 11 is 0. The van der Waals surface area contributed by atoms with Crippen molar-refractivity contribution in [3.8, 4) is 0 Å². The lowest BCUT2D eigenvalue weighted by Crippen LogP contribution is -2.30. The number of unbranched alkanes of at least 4 members (excludes halogenated alkanes) is 38. The molecule has 0 saturated heterocycles. The number of carbonyl (C=O) groups excluding carboxylic acids is 4. The molecule has 0 amide bonds. The predicted octanol–water partition coefficient (Wildman–Crippen LogP) is 22.4. The molecule has 0 aromatic rings. The van der Waals surface area contributed by atoms with Crippen molar-refractivity contribution in [3.05, 3.63) is 0 Å². The number of hydrogen-bond acceptors (Lipinski definition) is 15. The van der Waals surface area contributed by atoms with Crippen molar-refractivity contribution in [3.63, 3.8) is 0 Å². The molecule has 7 atom stereocenters. The third-order valence-electron chi connectivity index (χ3n) is 18.5. The van der Waals surface area contributed by atoms with Gasteiger partial charge in [0.15, 0.2) is 12.2 Å². The molecule has 0 fully saturated rings. The van der Waals surface area contributed by atoms with Crippen molar-refractivity contribution in [1.29, 1.82) is 0 Å². The average molecular weight is 1410 g/mol. The average Bonchev–Trinajstić information content (AvgIpc) is 1.21. The van der Waals surface area contributed by atoms with Gasteiger partial charge < -0.3 is 33.8 Å². The van der Waals surface area contributed by atoms with Crippen molar-refractivity contribution in [2.45, 2.75) is 408 Å². The van der Waals surface area contributed by atoms with Crippen LogP contribution >= 0.6 is 15.6 Å². The van der Waals surface area contributed by atoms with E-state index in [0.717, 1.165) is 114 Å². The Morgan fingerprint density at radius 2 is 0.500 bits per heavy atom. The van der Waals surface area contributed by atoms with E-state index < -0.39 is 97.5 Å². The quantitative estimate of drug-likeness (QED) is 0.0222. The zero-order chi connectivity index (χ0) is 71.0. The van der Waals surface area contributed by atoms with Gasteiger partial charge in [-0.25, -0.2) is 9.13 Å². The van der Waals surface area contributed by atoms with Gasteiger partial charge >= 0.3 is 39.5 Å². The summed E-state index contributed by atoms with van der Waals surface area (Å²) in [5.74, 6) is 0.990. The SMILES string of the molecule is CCC(C)CCCCCCCCCCCCCCCCC(=O)O[C@H](COC(=O)CCCCCCCCCC(C)C)COP(=O)(O)OCC(O)COP(=O)(O)OC[C@@H](COC(=O)CCCCCCCCCCCCCCCC(C)C)OC(=O)CCCCCCCCCCC(C)CC. The van der Waals surface area contributed by atoms with Crippen LogP contribution in [-0.2, 0) is 65.4 Å². The van der Waals surface area contributed by atoms with Gasteiger partial charge in [0.05, 0.1) is 26.4 Å². The number of aliphatic hydroxyl groups is 1. The Morgan fingerprint density at radius 3 is 0.740 bits per heavy atom. The van der Waals surface area contributed by atoms with Gasteiger partial charge in [-0.3, -0.25) is 37.3 Å². The molecule has 0 aromatic heterocycles. The molecule has 19 heteroatoms. The molecule has 0 radical (unpaired) electrons. The highest BCUT2D eigenvalue weighted by molar-refractivity contribution is 7.47. The second-order valence-electron chi connectivity index (χ2n) is 29.2. The summed E-state index contributed by atoms with van der Waals surface area (Å²) in [4.78, 5) is 72.8. The lowest BCUT2D eigenvalue weighted by atomic mass is 9.99. The molecule has 0 rings (SSSR count). The number of ether oxygens (including phenoxy) is 4. The second kappa shape index (κ2) is 66.3. The molecule has 0 spiro atoms. The molecular formula is C77H150O17P2. The van der Waals surface area contributed by atoms with Crippen LogP contribution in [0.25, 0.3) is 0 Å². The second-order valence-corrected chi connectivity index (χ2v) is 32.1. The number of carbonyl (C=O) groups is 4. The highest BCUT2D eigenvalue weighted by Gasteiger charge is 2.30. The van der Waals surface area contributed by atoms with E-state index >= 15 is 0 Å². The molecule has 5 unspecified atom stereocenters. The first-order valence-electron chi connectivity index (χ1n) is 39.8. The van der Waals surface area contributed by atoms with Crippen molar-refractivity contribution in [1.82, 2.24) is 0 Å². The van der Waals surface area contributed by atoms with Crippen LogP contribution in [0.3, 0.4) is 0 Å². The first-order valence-corrected chi connectivity index (χ1v) is 42.8. The van der Waals surface area contributed by atoms with Crippen LogP contribution in [0.15, 0.2) is 0 Å². The van der Waals surface area contributed by atoms with Gasteiger partial charge in [0, 0.05) is 25.7 Å². The van der Waals surface area contributed by atoms with Crippen LogP contribution in [0.1, 0.15) is 389 Å². The zero-order valence-electron chi connectivity index (χ0n) is 63.0. The van der Waals surface area contributed by atoms with Crippen LogP contribution in [0.4, 0.5) is 0 Å². The summed E-state index contributed by atoms with van der Waals surface area (Å²) in [5.41, 5.74) is 0. The molecule has 0 aliphatic rings. The van der Waals surface area contributed by atoms with Gasteiger partial charge in [-0.2, -0.15) is 0 Å². The Hall–Kier alpha value is -1.94. The maximum absolute atomic E-state index is 13.1. The molecule has 0 aliphatic carbocycles. The lowest BCUT2D eigenvalue weighted by Gasteiger charge is -2.21. The normalized spacial score (nSPS) is 14.7. The Kier molecular flexibility index (Phi) is 65.0. The molecule has 0 heterocycles. The van der Waals surface area contributed by atoms with E-state index in [0.29, 0.717) is 31.6 Å². The van der Waals surface area contributed by atoms with E-state index in [9.17, 15) is 43.2 Å². The zero-order valence-corrected chi connectivity index (χ0v) is 64.8. The van der Waals surface area contributed by atoms with Crippen molar-refractivity contribution in [2.75, 3.05) is 39.6 Å². The lowest BCUT2D eigenvalue weighted by molar-refractivity contribution is -0.161. The summed E-state index contributed by atoms with van der Waals surface area (Å²) in [6, 6.07) is 0. The van der Waals surface area contributed by atoms with Gasteiger partial charge in [0.1, 0.15) is 19.3 Å². The van der Waals surface area contributed by atoms with Gasteiger partial charge in [-0.1, -0.05) is 338 Å². The Balaban J connectivity index is 5.23. The van der Waals surface area contributed by atoms with Crippen LogP contribution in [0, 0.1) is 23.7 Å². The van der Waals surface area contributed by atoms with Gasteiger partial charge in [0.2, 0.25) is 0 Å². The minimum absolute atomic E-state index is 0.105. The van der Waals surface area contributed by atoms with E-state index in [1.54, 1.807) is 0 Å². The summed E-state index contributed by atoms with van der Waals surface area (Å²) in [7, 11) is -9.92. The van der Waals surface area contributed by atoms with Crippen molar-refractivity contribution < 1.29 is 80.2 Å². The summed E-state index contributed by atoms with van der Waals surface area (Å²) in [5, 5.41) is 10.6. The molecule has 0 aliphatic heterocycles. The van der Waals surface area contributed by atoms with E-state index in [-0.39, 0.29) is 25.7 Å². The molecule has 0 aromatic carbocycles. The van der Waals surface area contributed by atoms with Crippen LogP contribution in [-0.4, -0.2) is 96.7 Å².